The van der Waals surface area contributed by atoms with Crippen LogP contribution in [0.5, 0.6) is 5.75 Å². The lowest BCUT2D eigenvalue weighted by Gasteiger charge is -2.27. The smallest absolute Gasteiger partial charge is 0.298 e. The second kappa shape index (κ2) is 9.43. The Morgan fingerprint density at radius 2 is 2.14 bits per heavy atom. The van der Waals surface area contributed by atoms with Crippen molar-refractivity contribution in [2.24, 2.45) is 0 Å². The zero-order valence-corrected chi connectivity index (χ0v) is 17.3. The molecule has 4 rings (SSSR count). The summed E-state index contributed by atoms with van der Waals surface area (Å²) in [5.74, 6) is 0.724. The van der Waals surface area contributed by atoms with Crippen LogP contribution in [0.4, 0.5) is 5.13 Å². The van der Waals surface area contributed by atoms with Gasteiger partial charge < -0.3 is 23.8 Å². The summed E-state index contributed by atoms with van der Waals surface area (Å²) in [5.41, 5.74) is 0.778. The molecule has 0 atom stereocenters. The fourth-order valence-corrected chi connectivity index (χ4v) is 4.38. The van der Waals surface area contributed by atoms with E-state index in [-0.39, 0.29) is 11.7 Å². The van der Waals surface area contributed by atoms with E-state index in [1.54, 1.807) is 4.90 Å². The summed E-state index contributed by atoms with van der Waals surface area (Å²) in [7, 11) is 0. The van der Waals surface area contributed by atoms with E-state index in [0.29, 0.717) is 31.5 Å². The van der Waals surface area contributed by atoms with Gasteiger partial charge in [0.1, 0.15) is 43.8 Å². The summed E-state index contributed by atoms with van der Waals surface area (Å²) in [6.45, 7) is 8.08. The molecule has 0 saturated carbocycles. The summed E-state index contributed by atoms with van der Waals surface area (Å²) < 4.78 is 23.0. The fourth-order valence-electron chi connectivity index (χ4n) is 3.38. The molecule has 0 unspecified atom stereocenters. The van der Waals surface area contributed by atoms with Gasteiger partial charge in [0.2, 0.25) is 5.76 Å². The molecule has 1 fully saturated rings. The summed E-state index contributed by atoms with van der Waals surface area (Å²) in [5, 5.41) is 0.639. The second-order valence-corrected chi connectivity index (χ2v) is 7.81. The number of anilines is 1. The number of amides is 1. The van der Waals surface area contributed by atoms with E-state index in [9.17, 15) is 4.79 Å². The van der Waals surface area contributed by atoms with Gasteiger partial charge in [0.15, 0.2) is 5.13 Å². The van der Waals surface area contributed by atoms with Gasteiger partial charge in [-0.05, 0) is 19.1 Å². The molecule has 9 heteroatoms. The minimum atomic E-state index is -0.227. The summed E-state index contributed by atoms with van der Waals surface area (Å²) >= 11 is 1.48. The molecule has 3 heterocycles. The maximum Gasteiger partial charge on any atom is 0.298 e. The average Bonchev–Trinajstić information content (AvgIpc) is 3.20. The van der Waals surface area contributed by atoms with Crippen molar-refractivity contribution in [3.05, 3.63) is 30.2 Å². The van der Waals surface area contributed by atoms with Gasteiger partial charge >= 0.3 is 0 Å². The Bertz CT molecular complexity index is 878. The lowest BCUT2D eigenvalue weighted by molar-refractivity contribution is -0.906. The zero-order chi connectivity index (χ0) is 20.1. The van der Waals surface area contributed by atoms with Crippen molar-refractivity contribution < 1.29 is 28.6 Å². The average molecular weight is 421 g/mol. The van der Waals surface area contributed by atoms with E-state index in [1.807, 2.05) is 25.1 Å². The van der Waals surface area contributed by atoms with Gasteiger partial charge in [0.25, 0.3) is 5.91 Å². The molecule has 0 radical (unpaired) electrons. The first kappa shape index (κ1) is 19.9. The van der Waals surface area contributed by atoms with Crippen molar-refractivity contribution in [2.45, 2.75) is 6.92 Å². The third-order valence-electron chi connectivity index (χ3n) is 4.90. The van der Waals surface area contributed by atoms with E-state index in [4.69, 9.17) is 23.9 Å². The number of ether oxygens (including phenoxy) is 4. The van der Waals surface area contributed by atoms with Crippen LogP contribution in [0.2, 0.25) is 0 Å². The predicted molar refractivity (Wildman–Crippen MR) is 110 cm³/mol. The van der Waals surface area contributed by atoms with E-state index in [0.717, 1.165) is 48.8 Å². The van der Waals surface area contributed by atoms with Gasteiger partial charge in [-0.2, -0.15) is 0 Å². The number of para-hydroxylation sites is 1. The van der Waals surface area contributed by atoms with Gasteiger partial charge in [0.05, 0.1) is 37.6 Å². The van der Waals surface area contributed by atoms with Crippen molar-refractivity contribution in [2.75, 3.05) is 64.1 Å². The molecule has 1 saturated heterocycles. The van der Waals surface area contributed by atoms with Crippen LogP contribution in [0, 0.1) is 0 Å². The minimum absolute atomic E-state index is 0.220. The lowest BCUT2D eigenvalue weighted by atomic mass is 10.3. The summed E-state index contributed by atoms with van der Waals surface area (Å²) in [4.78, 5) is 21.1. The predicted octanol–water partition coefficient (Wildman–Crippen LogP) is 0.831. The third kappa shape index (κ3) is 4.63. The number of thiazole rings is 1. The van der Waals surface area contributed by atoms with Gasteiger partial charge in [-0.3, -0.25) is 9.69 Å². The first-order valence-corrected chi connectivity index (χ1v) is 10.8. The van der Waals surface area contributed by atoms with Crippen molar-refractivity contribution in [3.8, 4) is 5.75 Å². The number of nitrogens with zero attached hydrogens (tertiary/aromatic N) is 2. The van der Waals surface area contributed by atoms with Crippen molar-refractivity contribution in [1.82, 2.24) is 4.98 Å². The van der Waals surface area contributed by atoms with Gasteiger partial charge in [-0.25, -0.2) is 4.98 Å². The van der Waals surface area contributed by atoms with Crippen LogP contribution in [-0.4, -0.2) is 70.1 Å². The number of carbonyl (C=O) groups excluding carboxylic acids is 1. The number of quaternary nitrogens is 1. The Labute approximate surface area is 173 Å². The molecule has 2 aromatic rings. The largest absolute Gasteiger partial charge is 0.494 e. The Morgan fingerprint density at radius 1 is 1.28 bits per heavy atom. The maximum absolute atomic E-state index is 13.2. The first-order chi connectivity index (χ1) is 14.3. The molecule has 1 aromatic heterocycles. The molecule has 1 aromatic carbocycles. The highest BCUT2D eigenvalue weighted by atomic mass is 32.1. The molecule has 2 aliphatic heterocycles. The molecule has 8 nitrogen and oxygen atoms in total. The Hall–Kier alpha value is -2.36. The number of benzene rings is 1. The Kier molecular flexibility index (Phi) is 6.48. The van der Waals surface area contributed by atoms with E-state index in [1.165, 1.54) is 22.5 Å². The third-order valence-corrected chi connectivity index (χ3v) is 5.94. The SMILES string of the molecule is CCOc1cccc2sc(N(CC[NH+]3CCOCC3)C(=O)C3=COCCO3)nc12. The zero-order valence-electron chi connectivity index (χ0n) is 16.5. The molecule has 156 valence electrons. The first-order valence-electron chi connectivity index (χ1n) is 9.96. The molecule has 1 amide bonds. The van der Waals surface area contributed by atoms with E-state index >= 15 is 0 Å². The van der Waals surface area contributed by atoms with E-state index < -0.39 is 0 Å². The number of aromatic nitrogens is 1. The number of nitrogens with one attached hydrogen (secondary N) is 1. The van der Waals surface area contributed by atoms with Crippen LogP contribution in [0.1, 0.15) is 6.92 Å². The maximum atomic E-state index is 13.2. The van der Waals surface area contributed by atoms with Crippen LogP contribution < -0.4 is 14.5 Å². The normalized spacial score (nSPS) is 17.3. The molecule has 2 aliphatic rings. The van der Waals surface area contributed by atoms with Crippen LogP contribution in [0.3, 0.4) is 0 Å². The summed E-state index contributed by atoms with van der Waals surface area (Å²) in [6.07, 6.45) is 1.40. The molecular weight excluding hydrogens is 394 g/mol. The standard InChI is InChI=1S/C20H25N3O5S/c1-2-27-15-4-3-5-17-18(15)21-20(29-17)23(7-6-22-8-10-25-11-9-22)19(24)16-14-26-12-13-28-16/h3-5,14H,2,6-13H2,1H3/p+1. The Balaban J connectivity index is 1.61. The highest BCUT2D eigenvalue weighted by molar-refractivity contribution is 7.22. The molecule has 1 N–H and O–H groups in total. The quantitative estimate of drug-likeness (QED) is 0.715. The monoisotopic (exact) mass is 420 g/mol. The lowest BCUT2D eigenvalue weighted by Crippen LogP contribution is -3.14. The van der Waals surface area contributed by atoms with Gasteiger partial charge in [-0.15, -0.1) is 0 Å². The van der Waals surface area contributed by atoms with E-state index in [2.05, 4.69) is 0 Å². The minimum Gasteiger partial charge on any atom is -0.494 e. The molecule has 0 aliphatic carbocycles. The van der Waals surface area contributed by atoms with Gasteiger partial charge in [0, 0.05) is 0 Å². The topological polar surface area (TPSA) is 74.6 Å². The number of rotatable bonds is 7. The molecule has 29 heavy (non-hydrogen) atoms. The highest BCUT2D eigenvalue weighted by Crippen LogP contribution is 2.34. The van der Waals surface area contributed by atoms with Gasteiger partial charge in [-0.1, -0.05) is 17.4 Å². The van der Waals surface area contributed by atoms with Crippen LogP contribution >= 0.6 is 11.3 Å². The summed E-state index contributed by atoms with van der Waals surface area (Å²) in [6, 6.07) is 5.84. The van der Waals surface area contributed by atoms with Crippen molar-refractivity contribution >= 4 is 32.6 Å². The second-order valence-electron chi connectivity index (χ2n) is 6.80. The number of hydrogen-bond donors (Lipinski definition) is 1. The Morgan fingerprint density at radius 3 is 2.90 bits per heavy atom. The molecule has 0 bridgehead atoms. The number of morpholine rings is 1. The number of fused-ring (bicyclic) bond motifs is 1. The van der Waals surface area contributed by atoms with Crippen LogP contribution in [0.25, 0.3) is 10.2 Å². The van der Waals surface area contributed by atoms with Crippen molar-refractivity contribution in [3.63, 3.8) is 0 Å². The number of hydrogen-bond acceptors (Lipinski definition) is 7. The molecular formula is C20H26N3O5S+. The number of carbonyl (C=O) groups is 1. The fraction of sp³-hybridized carbons (Fsp3) is 0.500. The molecule has 0 spiro atoms. The van der Waals surface area contributed by atoms with Crippen LogP contribution in [-0.2, 0) is 19.0 Å². The van der Waals surface area contributed by atoms with Crippen molar-refractivity contribution in [1.29, 1.82) is 0 Å². The van der Waals surface area contributed by atoms with Crippen LogP contribution in [0.15, 0.2) is 30.2 Å². The highest BCUT2D eigenvalue weighted by Gasteiger charge is 2.28.